The van der Waals surface area contributed by atoms with Gasteiger partial charge < -0.3 is 14.8 Å². The number of amides is 1. The number of aromatic nitrogens is 1. The SMILES string of the molecule is COc1ccccc1OCC(=O)Nc1sccc1-c1nc2ccccc2s1. The van der Waals surface area contributed by atoms with Crippen molar-refractivity contribution in [2.24, 2.45) is 0 Å². The summed E-state index contributed by atoms with van der Waals surface area (Å²) < 4.78 is 11.9. The maximum atomic E-state index is 12.4. The standard InChI is InChI=1S/C20H16N2O3S2/c1-24-15-7-3-4-8-16(15)25-12-18(23)22-19-13(10-11-26-19)20-21-14-6-2-5-9-17(14)27-20/h2-11H,12H2,1H3,(H,22,23). The van der Waals surface area contributed by atoms with Crippen LogP contribution in [-0.4, -0.2) is 24.6 Å². The third-order valence-electron chi connectivity index (χ3n) is 3.87. The van der Waals surface area contributed by atoms with E-state index >= 15 is 0 Å². The van der Waals surface area contributed by atoms with Gasteiger partial charge in [-0.15, -0.1) is 22.7 Å². The molecule has 0 aliphatic rings. The van der Waals surface area contributed by atoms with E-state index in [1.807, 2.05) is 47.8 Å². The minimum atomic E-state index is -0.231. The summed E-state index contributed by atoms with van der Waals surface area (Å²) in [5.41, 5.74) is 1.88. The van der Waals surface area contributed by atoms with Gasteiger partial charge in [0.15, 0.2) is 18.1 Å². The molecule has 0 unspecified atom stereocenters. The first-order valence-electron chi connectivity index (χ1n) is 8.23. The van der Waals surface area contributed by atoms with Gasteiger partial charge in [0.25, 0.3) is 5.91 Å². The number of hydrogen-bond acceptors (Lipinski definition) is 6. The number of carbonyl (C=O) groups is 1. The molecule has 5 nitrogen and oxygen atoms in total. The first-order valence-corrected chi connectivity index (χ1v) is 9.93. The summed E-state index contributed by atoms with van der Waals surface area (Å²) in [5.74, 6) is 0.898. The van der Waals surface area contributed by atoms with Gasteiger partial charge in [0.05, 0.1) is 17.3 Å². The Morgan fingerprint density at radius 3 is 2.67 bits per heavy atom. The Morgan fingerprint density at radius 2 is 1.85 bits per heavy atom. The number of ether oxygens (including phenoxy) is 2. The summed E-state index contributed by atoms with van der Waals surface area (Å²) >= 11 is 3.07. The summed E-state index contributed by atoms with van der Waals surface area (Å²) in [6.07, 6.45) is 0. The molecule has 7 heteroatoms. The Morgan fingerprint density at radius 1 is 1.07 bits per heavy atom. The molecular formula is C20H16N2O3S2. The van der Waals surface area contributed by atoms with Gasteiger partial charge in [-0.1, -0.05) is 24.3 Å². The van der Waals surface area contributed by atoms with E-state index in [1.54, 1.807) is 30.6 Å². The average Bonchev–Trinajstić information content (AvgIpc) is 3.32. The molecule has 4 aromatic rings. The van der Waals surface area contributed by atoms with Crippen molar-refractivity contribution in [3.8, 4) is 22.1 Å². The van der Waals surface area contributed by atoms with Crippen LogP contribution in [0, 0.1) is 0 Å². The summed E-state index contributed by atoms with van der Waals surface area (Å²) in [6.45, 7) is -0.0996. The number of anilines is 1. The van der Waals surface area contributed by atoms with Gasteiger partial charge in [0, 0.05) is 5.56 Å². The molecular weight excluding hydrogens is 380 g/mol. The second kappa shape index (κ2) is 7.77. The van der Waals surface area contributed by atoms with Crippen LogP contribution >= 0.6 is 22.7 Å². The Bertz CT molecular complexity index is 1050. The fraction of sp³-hybridized carbons (Fsp3) is 0.100. The normalized spacial score (nSPS) is 10.7. The number of nitrogens with one attached hydrogen (secondary N) is 1. The molecule has 2 heterocycles. The molecule has 2 aromatic carbocycles. The molecule has 4 rings (SSSR count). The van der Waals surface area contributed by atoms with Crippen molar-refractivity contribution in [1.82, 2.24) is 4.98 Å². The molecule has 136 valence electrons. The number of benzene rings is 2. The molecule has 0 aliphatic heterocycles. The van der Waals surface area contributed by atoms with Crippen LogP contribution in [0.25, 0.3) is 20.8 Å². The lowest BCUT2D eigenvalue weighted by molar-refractivity contribution is -0.118. The predicted octanol–water partition coefficient (Wildman–Crippen LogP) is 5.05. The highest BCUT2D eigenvalue weighted by atomic mass is 32.1. The van der Waals surface area contributed by atoms with Gasteiger partial charge in [-0.2, -0.15) is 0 Å². The number of hydrogen-bond donors (Lipinski definition) is 1. The van der Waals surface area contributed by atoms with E-state index in [4.69, 9.17) is 9.47 Å². The van der Waals surface area contributed by atoms with Crippen LogP contribution in [0.5, 0.6) is 11.5 Å². The van der Waals surface area contributed by atoms with Gasteiger partial charge in [-0.3, -0.25) is 4.79 Å². The van der Waals surface area contributed by atoms with E-state index in [2.05, 4.69) is 10.3 Å². The average molecular weight is 396 g/mol. The molecule has 0 aliphatic carbocycles. The second-order valence-electron chi connectivity index (χ2n) is 5.64. The van der Waals surface area contributed by atoms with Gasteiger partial charge in [0.1, 0.15) is 10.0 Å². The van der Waals surface area contributed by atoms with E-state index < -0.39 is 0 Å². The van der Waals surface area contributed by atoms with Crippen molar-refractivity contribution in [3.05, 3.63) is 60.0 Å². The van der Waals surface area contributed by atoms with Crippen LogP contribution < -0.4 is 14.8 Å². The molecule has 0 atom stereocenters. The van der Waals surface area contributed by atoms with Crippen LogP contribution in [-0.2, 0) is 4.79 Å². The maximum absolute atomic E-state index is 12.4. The highest BCUT2D eigenvalue weighted by Gasteiger charge is 2.15. The molecule has 1 amide bonds. The number of para-hydroxylation sites is 3. The van der Waals surface area contributed by atoms with Crippen LogP contribution in [0.15, 0.2) is 60.0 Å². The molecule has 0 spiro atoms. The van der Waals surface area contributed by atoms with Gasteiger partial charge in [-0.05, 0) is 35.7 Å². The van der Waals surface area contributed by atoms with Crippen molar-refractivity contribution < 1.29 is 14.3 Å². The number of nitrogens with zero attached hydrogens (tertiary/aromatic N) is 1. The van der Waals surface area contributed by atoms with E-state index in [9.17, 15) is 4.79 Å². The molecule has 0 bridgehead atoms. The number of methoxy groups -OCH3 is 1. The quantitative estimate of drug-likeness (QED) is 0.495. The fourth-order valence-corrected chi connectivity index (χ4v) is 4.47. The Hall–Kier alpha value is -2.90. The van der Waals surface area contributed by atoms with Gasteiger partial charge >= 0.3 is 0 Å². The zero-order chi connectivity index (χ0) is 18.6. The van der Waals surface area contributed by atoms with E-state index in [0.29, 0.717) is 11.5 Å². The summed E-state index contributed by atoms with van der Waals surface area (Å²) in [4.78, 5) is 17.0. The minimum absolute atomic E-state index is 0.0996. The maximum Gasteiger partial charge on any atom is 0.262 e. The van der Waals surface area contributed by atoms with Crippen molar-refractivity contribution in [2.75, 3.05) is 19.0 Å². The lowest BCUT2D eigenvalue weighted by atomic mass is 10.3. The molecule has 0 fully saturated rings. The highest BCUT2D eigenvalue weighted by Crippen LogP contribution is 2.37. The first-order chi connectivity index (χ1) is 13.2. The Balaban J connectivity index is 1.47. The summed E-state index contributed by atoms with van der Waals surface area (Å²) in [7, 11) is 1.57. The lowest BCUT2D eigenvalue weighted by Gasteiger charge is -2.10. The third-order valence-corrected chi connectivity index (χ3v) is 5.77. The minimum Gasteiger partial charge on any atom is -0.493 e. The van der Waals surface area contributed by atoms with E-state index in [-0.39, 0.29) is 12.5 Å². The largest absolute Gasteiger partial charge is 0.493 e. The van der Waals surface area contributed by atoms with Crippen LogP contribution in [0.3, 0.4) is 0 Å². The van der Waals surface area contributed by atoms with E-state index in [0.717, 1.165) is 25.8 Å². The predicted molar refractivity (Wildman–Crippen MR) is 110 cm³/mol. The Labute approximate surface area is 164 Å². The van der Waals surface area contributed by atoms with Crippen LogP contribution in [0.2, 0.25) is 0 Å². The topological polar surface area (TPSA) is 60.5 Å². The molecule has 0 saturated carbocycles. The fourth-order valence-electron chi connectivity index (χ4n) is 2.61. The number of fused-ring (bicyclic) bond motifs is 1. The molecule has 1 N–H and O–H groups in total. The second-order valence-corrected chi connectivity index (χ2v) is 7.58. The van der Waals surface area contributed by atoms with Crippen LogP contribution in [0.1, 0.15) is 0 Å². The monoisotopic (exact) mass is 396 g/mol. The number of rotatable bonds is 6. The number of carbonyl (C=O) groups excluding carboxylic acids is 1. The first kappa shape index (κ1) is 17.5. The summed E-state index contributed by atoms with van der Waals surface area (Å²) in [5, 5.41) is 6.52. The van der Waals surface area contributed by atoms with Crippen molar-refractivity contribution in [2.45, 2.75) is 0 Å². The summed E-state index contributed by atoms with van der Waals surface area (Å²) in [6, 6.07) is 17.2. The smallest absolute Gasteiger partial charge is 0.262 e. The molecule has 0 saturated heterocycles. The van der Waals surface area contributed by atoms with Gasteiger partial charge in [-0.25, -0.2) is 4.98 Å². The number of thiophene rings is 1. The number of thiazole rings is 1. The molecule has 2 aromatic heterocycles. The van der Waals surface area contributed by atoms with Crippen molar-refractivity contribution >= 4 is 43.8 Å². The van der Waals surface area contributed by atoms with E-state index in [1.165, 1.54) is 11.3 Å². The van der Waals surface area contributed by atoms with Crippen molar-refractivity contribution in [1.29, 1.82) is 0 Å². The van der Waals surface area contributed by atoms with Gasteiger partial charge in [0.2, 0.25) is 0 Å². The zero-order valence-corrected chi connectivity index (χ0v) is 16.1. The zero-order valence-electron chi connectivity index (χ0n) is 14.5. The molecule has 27 heavy (non-hydrogen) atoms. The molecule has 0 radical (unpaired) electrons. The lowest BCUT2D eigenvalue weighted by Crippen LogP contribution is -2.20. The Kier molecular flexibility index (Phi) is 5.04. The van der Waals surface area contributed by atoms with Crippen LogP contribution in [0.4, 0.5) is 5.00 Å². The highest BCUT2D eigenvalue weighted by molar-refractivity contribution is 7.22. The third kappa shape index (κ3) is 3.79. The van der Waals surface area contributed by atoms with Crippen molar-refractivity contribution in [3.63, 3.8) is 0 Å².